The van der Waals surface area contributed by atoms with E-state index in [0.717, 1.165) is 4.90 Å². The molecule has 1 N–H and O–H groups in total. The summed E-state index contributed by atoms with van der Waals surface area (Å²) in [5.41, 5.74) is -1.37. The summed E-state index contributed by atoms with van der Waals surface area (Å²) < 4.78 is 19.0. The van der Waals surface area contributed by atoms with E-state index in [-0.39, 0.29) is 5.75 Å². The average molecular weight is 297 g/mol. The van der Waals surface area contributed by atoms with Gasteiger partial charge in [-0.25, -0.2) is 9.18 Å². The van der Waals surface area contributed by atoms with E-state index in [1.165, 1.54) is 39.1 Å². The van der Waals surface area contributed by atoms with Crippen LogP contribution in [0.5, 0.6) is 5.75 Å². The average Bonchev–Trinajstić information content (AvgIpc) is 2.44. The van der Waals surface area contributed by atoms with E-state index in [4.69, 9.17) is 9.84 Å². The number of hydrogen-bond acceptors (Lipinski definition) is 3. The van der Waals surface area contributed by atoms with Gasteiger partial charge in [-0.1, -0.05) is 19.1 Å². The third-order valence-corrected chi connectivity index (χ3v) is 3.44. The zero-order valence-electron chi connectivity index (χ0n) is 12.6. The normalized spacial score (nSPS) is 12.6. The van der Waals surface area contributed by atoms with Crippen molar-refractivity contribution in [2.45, 2.75) is 38.8 Å². The summed E-state index contributed by atoms with van der Waals surface area (Å²) in [5.74, 6) is -2.23. The van der Waals surface area contributed by atoms with Gasteiger partial charge in [0.2, 0.25) is 0 Å². The number of nitrogens with zero attached hydrogens (tertiary/aromatic N) is 1. The van der Waals surface area contributed by atoms with E-state index in [1.54, 1.807) is 13.0 Å². The maximum Gasteiger partial charge on any atom is 0.329 e. The molecule has 1 rings (SSSR count). The first-order valence-electron chi connectivity index (χ1n) is 6.64. The smallest absolute Gasteiger partial charge is 0.329 e. The molecule has 1 aromatic rings. The number of ether oxygens (including phenoxy) is 1. The van der Waals surface area contributed by atoms with Crippen molar-refractivity contribution in [3.05, 3.63) is 30.1 Å². The first kappa shape index (κ1) is 16.9. The van der Waals surface area contributed by atoms with Crippen molar-refractivity contribution in [2.75, 3.05) is 7.05 Å². The van der Waals surface area contributed by atoms with Gasteiger partial charge in [0.15, 0.2) is 17.7 Å². The zero-order chi connectivity index (χ0) is 16.2. The van der Waals surface area contributed by atoms with E-state index in [1.807, 2.05) is 0 Å². The molecule has 6 heteroatoms. The van der Waals surface area contributed by atoms with Gasteiger partial charge in [0.25, 0.3) is 5.91 Å². The molecule has 0 radical (unpaired) electrons. The summed E-state index contributed by atoms with van der Waals surface area (Å²) in [6.45, 7) is 4.55. The fourth-order valence-corrected chi connectivity index (χ4v) is 1.64. The third kappa shape index (κ3) is 3.71. The number of para-hydroxylation sites is 1. The van der Waals surface area contributed by atoms with Crippen LogP contribution >= 0.6 is 0 Å². The highest BCUT2D eigenvalue weighted by Gasteiger charge is 2.38. The van der Waals surface area contributed by atoms with Gasteiger partial charge in [-0.05, 0) is 32.4 Å². The van der Waals surface area contributed by atoms with Crippen molar-refractivity contribution < 1.29 is 23.8 Å². The van der Waals surface area contributed by atoms with Crippen LogP contribution in [0.2, 0.25) is 0 Å². The molecule has 0 aliphatic heterocycles. The fraction of sp³-hybridized carbons (Fsp3) is 0.467. The predicted octanol–water partition coefficient (Wildman–Crippen LogP) is 2.30. The molecule has 0 spiro atoms. The molecule has 116 valence electrons. The molecule has 1 unspecified atom stereocenters. The van der Waals surface area contributed by atoms with Crippen LogP contribution in [0.4, 0.5) is 4.39 Å². The van der Waals surface area contributed by atoms with Crippen LogP contribution in [0, 0.1) is 5.82 Å². The SMILES string of the molecule is CCC(Oc1ccccc1F)C(=O)N(C)C(C)(C)C(=O)O. The Kier molecular flexibility index (Phi) is 5.29. The van der Waals surface area contributed by atoms with Gasteiger partial charge >= 0.3 is 5.97 Å². The molecular formula is C15H20FNO4. The molecule has 1 atom stereocenters. The lowest BCUT2D eigenvalue weighted by Gasteiger charge is -2.34. The Morgan fingerprint density at radius 3 is 2.43 bits per heavy atom. The van der Waals surface area contributed by atoms with Crippen LogP contribution in [0.15, 0.2) is 24.3 Å². The van der Waals surface area contributed by atoms with Gasteiger partial charge in [-0.15, -0.1) is 0 Å². The van der Waals surface area contributed by atoms with Crippen LogP contribution < -0.4 is 4.74 Å². The molecular weight excluding hydrogens is 277 g/mol. The molecule has 1 aromatic carbocycles. The Hall–Kier alpha value is -2.11. The Bertz CT molecular complexity index is 530. The summed E-state index contributed by atoms with van der Waals surface area (Å²) in [4.78, 5) is 24.7. The van der Waals surface area contributed by atoms with Gasteiger partial charge in [-0.3, -0.25) is 4.79 Å². The summed E-state index contributed by atoms with van der Waals surface area (Å²) in [7, 11) is 1.39. The van der Waals surface area contributed by atoms with Crippen LogP contribution in [-0.2, 0) is 9.59 Å². The van der Waals surface area contributed by atoms with Crippen molar-refractivity contribution in [3.63, 3.8) is 0 Å². The minimum atomic E-state index is -1.37. The van der Waals surface area contributed by atoms with Crippen molar-refractivity contribution in [2.24, 2.45) is 0 Å². The molecule has 0 saturated carbocycles. The van der Waals surface area contributed by atoms with Crippen LogP contribution in [0.25, 0.3) is 0 Å². The number of carboxylic acid groups (broad SMARTS) is 1. The number of hydrogen-bond donors (Lipinski definition) is 1. The van der Waals surface area contributed by atoms with E-state index in [9.17, 15) is 14.0 Å². The highest BCUT2D eigenvalue weighted by Crippen LogP contribution is 2.21. The Morgan fingerprint density at radius 1 is 1.38 bits per heavy atom. The van der Waals surface area contributed by atoms with Crippen molar-refractivity contribution >= 4 is 11.9 Å². The largest absolute Gasteiger partial charge is 0.480 e. The molecule has 21 heavy (non-hydrogen) atoms. The summed E-state index contributed by atoms with van der Waals surface area (Å²) >= 11 is 0. The van der Waals surface area contributed by atoms with Gasteiger partial charge in [-0.2, -0.15) is 0 Å². The Morgan fingerprint density at radius 2 is 1.95 bits per heavy atom. The second kappa shape index (κ2) is 6.56. The molecule has 0 saturated heterocycles. The summed E-state index contributed by atoms with van der Waals surface area (Å²) in [6, 6.07) is 5.77. The van der Waals surface area contributed by atoms with Gasteiger partial charge in [0.05, 0.1) is 0 Å². The van der Waals surface area contributed by atoms with Crippen molar-refractivity contribution in [3.8, 4) is 5.75 Å². The lowest BCUT2D eigenvalue weighted by molar-refractivity contribution is -0.158. The number of carbonyl (C=O) groups excluding carboxylic acids is 1. The second-order valence-electron chi connectivity index (χ2n) is 5.21. The number of likely N-dealkylation sites (N-methyl/N-ethyl adjacent to an activating group) is 1. The maximum atomic E-state index is 13.6. The van der Waals surface area contributed by atoms with Gasteiger partial charge in [0, 0.05) is 7.05 Å². The number of rotatable bonds is 6. The highest BCUT2D eigenvalue weighted by atomic mass is 19.1. The molecule has 0 fully saturated rings. The van der Waals surface area contributed by atoms with Crippen molar-refractivity contribution in [1.82, 2.24) is 4.90 Å². The summed E-state index contributed by atoms with van der Waals surface area (Å²) in [6.07, 6.45) is -0.641. The number of aliphatic carboxylic acids is 1. The molecule has 0 heterocycles. The molecule has 0 aliphatic rings. The lowest BCUT2D eigenvalue weighted by Crippen LogP contribution is -2.54. The standard InChI is InChI=1S/C15H20FNO4/c1-5-11(21-12-9-7-6-8-10(12)16)13(18)17(4)15(2,3)14(19)20/h6-9,11H,5H2,1-4H3,(H,19,20). The number of carboxylic acids is 1. The van der Waals surface area contributed by atoms with Crippen LogP contribution in [-0.4, -0.2) is 40.6 Å². The molecule has 0 aromatic heterocycles. The molecule has 0 aliphatic carbocycles. The first-order chi connectivity index (χ1) is 9.71. The number of carbonyl (C=O) groups is 2. The highest BCUT2D eigenvalue weighted by molar-refractivity contribution is 5.88. The Labute approximate surface area is 123 Å². The minimum absolute atomic E-state index is 0.0285. The first-order valence-corrected chi connectivity index (χ1v) is 6.64. The van der Waals surface area contributed by atoms with Crippen molar-refractivity contribution in [1.29, 1.82) is 0 Å². The Balaban J connectivity index is 2.93. The second-order valence-corrected chi connectivity index (χ2v) is 5.21. The monoisotopic (exact) mass is 297 g/mol. The molecule has 1 amide bonds. The van der Waals surface area contributed by atoms with Gasteiger partial charge in [0.1, 0.15) is 5.54 Å². The number of benzene rings is 1. The lowest BCUT2D eigenvalue weighted by atomic mass is 10.0. The van der Waals surface area contributed by atoms with E-state index >= 15 is 0 Å². The summed E-state index contributed by atoms with van der Waals surface area (Å²) in [5, 5.41) is 9.15. The van der Waals surface area contributed by atoms with Crippen LogP contribution in [0.3, 0.4) is 0 Å². The number of amides is 1. The van der Waals surface area contributed by atoms with E-state index in [0.29, 0.717) is 6.42 Å². The molecule has 0 bridgehead atoms. The van der Waals surface area contributed by atoms with E-state index < -0.39 is 29.3 Å². The molecule has 5 nitrogen and oxygen atoms in total. The zero-order valence-corrected chi connectivity index (χ0v) is 12.6. The fourth-order valence-electron chi connectivity index (χ4n) is 1.64. The number of halogens is 1. The predicted molar refractivity (Wildman–Crippen MR) is 75.6 cm³/mol. The van der Waals surface area contributed by atoms with E-state index in [2.05, 4.69) is 0 Å². The minimum Gasteiger partial charge on any atom is -0.480 e. The quantitative estimate of drug-likeness (QED) is 0.875. The maximum absolute atomic E-state index is 13.6. The topological polar surface area (TPSA) is 66.8 Å². The van der Waals surface area contributed by atoms with Crippen LogP contribution in [0.1, 0.15) is 27.2 Å². The third-order valence-electron chi connectivity index (χ3n) is 3.44. The van der Waals surface area contributed by atoms with Gasteiger partial charge < -0.3 is 14.7 Å².